The first-order valence-electron chi connectivity index (χ1n) is 9.10. The molecule has 0 spiro atoms. The minimum Gasteiger partial charge on any atom is -0.493 e. The first kappa shape index (κ1) is 17.9. The first-order valence-corrected chi connectivity index (χ1v) is 9.10. The third-order valence-corrected chi connectivity index (χ3v) is 4.44. The number of aromatic nitrogens is 2. The lowest BCUT2D eigenvalue weighted by Gasteiger charge is -2.18. The maximum atomic E-state index is 12.6. The Morgan fingerprint density at radius 1 is 1.14 bits per heavy atom. The number of benzene rings is 2. The summed E-state index contributed by atoms with van der Waals surface area (Å²) >= 11 is 0. The van der Waals surface area contributed by atoms with Crippen LogP contribution in [-0.2, 0) is 6.42 Å². The van der Waals surface area contributed by atoms with E-state index in [1.807, 2.05) is 48.5 Å². The Morgan fingerprint density at radius 2 is 1.93 bits per heavy atom. The Kier molecular flexibility index (Phi) is 5.14. The molecule has 3 aromatic rings. The number of para-hydroxylation sites is 1. The van der Waals surface area contributed by atoms with Crippen LogP contribution in [0.2, 0.25) is 0 Å². The van der Waals surface area contributed by atoms with Crippen LogP contribution in [0.5, 0.6) is 17.2 Å². The molecule has 4 rings (SSSR count). The van der Waals surface area contributed by atoms with Crippen LogP contribution in [0.1, 0.15) is 16.1 Å². The van der Waals surface area contributed by atoms with Gasteiger partial charge in [-0.15, -0.1) is 0 Å². The third-order valence-electron chi connectivity index (χ3n) is 4.44. The van der Waals surface area contributed by atoms with E-state index in [2.05, 4.69) is 10.4 Å². The van der Waals surface area contributed by atoms with Crippen molar-refractivity contribution in [3.8, 4) is 22.9 Å². The zero-order chi connectivity index (χ0) is 19.3. The number of ether oxygens (including phenoxy) is 3. The second-order valence-electron chi connectivity index (χ2n) is 6.31. The van der Waals surface area contributed by atoms with Gasteiger partial charge in [-0.3, -0.25) is 4.79 Å². The van der Waals surface area contributed by atoms with Crippen molar-refractivity contribution >= 4 is 5.91 Å². The summed E-state index contributed by atoms with van der Waals surface area (Å²) in [5.74, 6) is 1.67. The highest BCUT2D eigenvalue weighted by molar-refractivity contribution is 5.94. The fourth-order valence-electron chi connectivity index (χ4n) is 3.03. The van der Waals surface area contributed by atoms with E-state index in [0.717, 1.165) is 22.7 Å². The van der Waals surface area contributed by atoms with E-state index in [1.165, 1.54) is 7.11 Å². The summed E-state index contributed by atoms with van der Waals surface area (Å²) in [5.41, 5.74) is 2.18. The summed E-state index contributed by atoms with van der Waals surface area (Å²) in [5, 5.41) is 7.28. The van der Waals surface area contributed by atoms with Crippen LogP contribution in [0, 0.1) is 0 Å². The molecule has 1 N–H and O–H groups in total. The van der Waals surface area contributed by atoms with Crippen LogP contribution >= 0.6 is 0 Å². The van der Waals surface area contributed by atoms with Gasteiger partial charge in [-0.05, 0) is 36.2 Å². The van der Waals surface area contributed by atoms with Crippen molar-refractivity contribution in [2.75, 3.05) is 26.9 Å². The second kappa shape index (κ2) is 8.04. The molecule has 28 heavy (non-hydrogen) atoms. The van der Waals surface area contributed by atoms with E-state index in [4.69, 9.17) is 14.2 Å². The van der Waals surface area contributed by atoms with Gasteiger partial charge in [0.1, 0.15) is 13.2 Å². The highest BCUT2D eigenvalue weighted by Gasteiger charge is 2.18. The molecule has 2 aromatic carbocycles. The van der Waals surface area contributed by atoms with Crippen molar-refractivity contribution < 1.29 is 19.0 Å². The van der Waals surface area contributed by atoms with Gasteiger partial charge in [-0.25, -0.2) is 4.68 Å². The van der Waals surface area contributed by atoms with Gasteiger partial charge in [-0.1, -0.05) is 24.3 Å². The summed E-state index contributed by atoms with van der Waals surface area (Å²) < 4.78 is 18.1. The molecular formula is C21H21N3O4. The second-order valence-corrected chi connectivity index (χ2v) is 6.31. The van der Waals surface area contributed by atoms with Crippen LogP contribution in [0.25, 0.3) is 5.69 Å². The monoisotopic (exact) mass is 379 g/mol. The van der Waals surface area contributed by atoms with Gasteiger partial charge in [0.05, 0.1) is 19.0 Å². The minimum absolute atomic E-state index is 0.258. The number of nitrogens with zero attached hydrogens (tertiary/aromatic N) is 2. The Morgan fingerprint density at radius 3 is 2.71 bits per heavy atom. The number of carbonyl (C=O) groups is 1. The fourth-order valence-corrected chi connectivity index (χ4v) is 3.03. The molecule has 1 aliphatic rings. The largest absolute Gasteiger partial charge is 0.493 e. The molecule has 2 heterocycles. The van der Waals surface area contributed by atoms with E-state index in [-0.39, 0.29) is 11.6 Å². The Bertz CT molecular complexity index is 969. The molecule has 7 nitrogen and oxygen atoms in total. The molecule has 1 aromatic heterocycles. The lowest BCUT2D eigenvalue weighted by Crippen LogP contribution is -2.26. The highest BCUT2D eigenvalue weighted by atomic mass is 16.6. The maximum Gasteiger partial charge on any atom is 0.275 e. The molecular weight excluding hydrogens is 358 g/mol. The van der Waals surface area contributed by atoms with Crippen LogP contribution < -0.4 is 19.5 Å². The zero-order valence-electron chi connectivity index (χ0n) is 15.6. The number of carbonyl (C=O) groups excluding carboxylic acids is 1. The number of hydrogen-bond acceptors (Lipinski definition) is 5. The molecule has 0 fully saturated rings. The molecule has 1 aliphatic heterocycles. The van der Waals surface area contributed by atoms with Gasteiger partial charge in [0, 0.05) is 6.54 Å². The number of rotatable bonds is 6. The Balaban J connectivity index is 1.40. The predicted molar refractivity (Wildman–Crippen MR) is 104 cm³/mol. The van der Waals surface area contributed by atoms with Crippen LogP contribution in [0.4, 0.5) is 0 Å². The zero-order valence-corrected chi connectivity index (χ0v) is 15.6. The molecule has 1 amide bonds. The molecule has 0 unspecified atom stereocenters. The van der Waals surface area contributed by atoms with Crippen molar-refractivity contribution in [1.29, 1.82) is 0 Å². The van der Waals surface area contributed by atoms with Crippen molar-refractivity contribution in [3.63, 3.8) is 0 Å². The summed E-state index contributed by atoms with van der Waals surface area (Å²) in [6.07, 6.45) is 2.37. The molecule has 7 heteroatoms. The van der Waals surface area contributed by atoms with Crippen LogP contribution in [0.15, 0.2) is 54.7 Å². The lowest BCUT2D eigenvalue weighted by molar-refractivity contribution is 0.0945. The molecule has 0 saturated carbocycles. The standard InChI is InChI=1S/C21H21N3O4/c1-26-19-14-24(16-5-3-2-4-6-16)23-20(19)21(25)22-10-9-15-7-8-17-18(13-15)28-12-11-27-17/h2-8,13-14H,9-12H2,1H3,(H,22,25). The minimum atomic E-state index is -0.274. The molecule has 0 atom stereocenters. The summed E-state index contributed by atoms with van der Waals surface area (Å²) in [7, 11) is 1.53. The summed E-state index contributed by atoms with van der Waals surface area (Å²) in [6, 6.07) is 15.4. The van der Waals surface area contributed by atoms with Crippen molar-refractivity contribution in [3.05, 3.63) is 66.0 Å². The SMILES string of the molecule is COc1cn(-c2ccccc2)nc1C(=O)NCCc1ccc2c(c1)OCCO2. The van der Waals surface area contributed by atoms with Crippen LogP contribution in [0.3, 0.4) is 0 Å². The molecule has 0 saturated heterocycles. The van der Waals surface area contributed by atoms with Gasteiger partial charge in [-0.2, -0.15) is 5.10 Å². The lowest BCUT2D eigenvalue weighted by atomic mass is 10.1. The predicted octanol–water partition coefficient (Wildman–Crippen LogP) is 2.62. The fraction of sp³-hybridized carbons (Fsp3) is 0.238. The number of nitrogens with one attached hydrogen (secondary N) is 1. The Labute approximate surface area is 162 Å². The van der Waals surface area contributed by atoms with Crippen LogP contribution in [-0.4, -0.2) is 42.6 Å². The number of fused-ring (bicyclic) bond motifs is 1. The molecule has 0 radical (unpaired) electrons. The van der Waals surface area contributed by atoms with E-state index < -0.39 is 0 Å². The van der Waals surface area contributed by atoms with Gasteiger partial charge < -0.3 is 19.5 Å². The van der Waals surface area contributed by atoms with Crippen molar-refractivity contribution in [1.82, 2.24) is 15.1 Å². The van der Waals surface area contributed by atoms with Gasteiger partial charge >= 0.3 is 0 Å². The number of amides is 1. The van der Waals surface area contributed by atoms with E-state index in [1.54, 1.807) is 10.9 Å². The average molecular weight is 379 g/mol. The van der Waals surface area contributed by atoms with E-state index >= 15 is 0 Å². The normalized spacial score (nSPS) is 12.5. The highest BCUT2D eigenvalue weighted by Crippen LogP contribution is 2.30. The first-order chi connectivity index (χ1) is 13.7. The maximum absolute atomic E-state index is 12.6. The molecule has 0 bridgehead atoms. The number of hydrogen-bond donors (Lipinski definition) is 1. The number of methoxy groups -OCH3 is 1. The van der Waals surface area contributed by atoms with Gasteiger partial charge in [0.15, 0.2) is 22.9 Å². The molecule has 0 aliphatic carbocycles. The van der Waals surface area contributed by atoms with Gasteiger partial charge in [0.25, 0.3) is 5.91 Å². The third kappa shape index (κ3) is 3.78. The topological polar surface area (TPSA) is 74.6 Å². The van der Waals surface area contributed by atoms with Crippen molar-refractivity contribution in [2.45, 2.75) is 6.42 Å². The summed E-state index contributed by atoms with van der Waals surface area (Å²) in [6.45, 7) is 1.59. The van der Waals surface area contributed by atoms with E-state index in [9.17, 15) is 4.79 Å². The van der Waals surface area contributed by atoms with Gasteiger partial charge in [0.2, 0.25) is 0 Å². The van der Waals surface area contributed by atoms with Crippen molar-refractivity contribution in [2.24, 2.45) is 0 Å². The summed E-state index contributed by atoms with van der Waals surface area (Å²) in [4.78, 5) is 12.6. The molecule has 144 valence electrons. The Hall–Kier alpha value is -3.48. The smallest absolute Gasteiger partial charge is 0.275 e. The quantitative estimate of drug-likeness (QED) is 0.713. The van der Waals surface area contributed by atoms with E-state index in [0.29, 0.717) is 31.9 Å². The average Bonchev–Trinajstić information content (AvgIpc) is 3.19.